The minimum atomic E-state index is -6.15. The molecule has 1 saturated carbocycles. The Labute approximate surface area is 273 Å². The second kappa shape index (κ2) is 16.0. The maximum atomic E-state index is 14.0. The maximum absolute atomic E-state index is 14.0. The van der Waals surface area contributed by atoms with Crippen LogP contribution in [0.4, 0.5) is 13.2 Å². The monoisotopic (exact) mass is 670 g/mol. The van der Waals surface area contributed by atoms with E-state index in [-0.39, 0.29) is 45.9 Å². The van der Waals surface area contributed by atoms with Crippen molar-refractivity contribution in [3.05, 3.63) is 144 Å². The van der Waals surface area contributed by atoms with E-state index in [1.165, 1.54) is 0 Å². The number of ether oxygens (including phenoxy) is 4. The molecule has 47 heavy (non-hydrogen) atoms. The van der Waals surface area contributed by atoms with Gasteiger partial charge in [0.25, 0.3) is 0 Å². The number of benzene rings is 4. The highest BCUT2D eigenvalue weighted by atomic mass is 32.2. The van der Waals surface area contributed by atoms with Crippen molar-refractivity contribution < 1.29 is 44.7 Å². The van der Waals surface area contributed by atoms with E-state index < -0.39 is 39.5 Å². The molecule has 0 bridgehead atoms. The van der Waals surface area contributed by atoms with Gasteiger partial charge < -0.3 is 18.9 Å². The molecule has 0 saturated heterocycles. The molecule has 4 atom stereocenters. The Morgan fingerprint density at radius 1 is 0.638 bits per heavy atom. The minimum Gasteiger partial charge on any atom is -0.376 e. The summed E-state index contributed by atoms with van der Waals surface area (Å²) in [6.45, 7) is 0.118. The van der Waals surface area contributed by atoms with E-state index in [1.807, 2.05) is 66.7 Å². The zero-order chi connectivity index (χ0) is 33.2. The summed E-state index contributed by atoms with van der Waals surface area (Å²) in [6.07, 6.45) is -2.29. The van der Waals surface area contributed by atoms with Crippen LogP contribution in [0.3, 0.4) is 0 Å². The summed E-state index contributed by atoms with van der Waals surface area (Å²) < 4.78 is 97.6. The first-order chi connectivity index (χ1) is 22.6. The van der Waals surface area contributed by atoms with Crippen LogP contribution in [0.25, 0.3) is 0 Å². The van der Waals surface area contributed by atoms with Gasteiger partial charge in [-0.25, -0.2) is 4.18 Å². The van der Waals surface area contributed by atoms with Gasteiger partial charge in [-0.1, -0.05) is 121 Å². The Hall–Kier alpha value is -3.58. The molecule has 7 nitrogen and oxygen atoms in total. The summed E-state index contributed by atoms with van der Waals surface area (Å²) in [6, 6.07) is 36.4. The van der Waals surface area contributed by atoms with E-state index >= 15 is 0 Å². The fourth-order valence-corrected chi connectivity index (χ4v) is 6.25. The molecule has 0 heterocycles. The normalized spacial score (nSPS) is 21.8. The highest BCUT2D eigenvalue weighted by molar-refractivity contribution is 7.87. The third kappa shape index (κ3) is 9.72. The molecule has 0 aromatic heterocycles. The van der Waals surface area contributed by atoms with Crippen molar-refractivity contribution >= 4 is 10.1 Å². The summed E-state index contributed by atoms with van der Waals surface area (Å²) in [5.41, 5.74) is -2.66. The van der Waals surface area contributed by atoms with Crippen LogP contribution in [0, 0.1) is 5.92 Å². The first kappa shape index (κ1) is 34.7. The molecule has 0 unspecified atom stereocenters. The number of hydrogen-bond acceptors (Lipinski definition) is 7. The lowest BCUT2D eigenvalue weighted by atomic mass is 9.80. The molecule has 0 amide bonds. The van der Waals surface area contributed by atoms with Crippen molar-refractivity contribution in [2.24, 2.45) is 5.92 Å². The van der Waals surface area contributed by atoms with Gasteiger partial charge in [0.05, 0.1) is 39.1 Å². The van der Waals surface area contributed by atoms with Gasteiger partial charge in [-0.15, -0.1) is 0 Å². The summed E-state index contributed by atoms with van der Waals surface area (Å²) in [5.74, 6) is -2.94. The van der Waals surface area contributed by atoms with Gasteiger partial charge in [0.1, 0.15) is 6.10 Å². The van der Waals surface area contributed by atoms with Crippen molar-refractivity contribution in [1.29, 1.82) is 0 Å². The van der Waals surface area contributed by atoms with Gasteiger partial charge in [0.2, 0.25) is 5.79 Å². The summed E-state index contributed by atoms with van der Waals surface area (Å²) in [7, 11) is -6.15. The standard InChI is InChI=1S/C36H37F3O7S/c37-36(38,39)47(40,41)46-35(45-27-31-19-11-4-12-20-31)22-32(24-42-23-28-13-5-1-6-14-28)21-33(43-25-29-15-7-2-8-16-29)34(35)44-26-30-17-9-3-10-18-30/h1-20,32-34H,21-27H2/t32-,33+,34-,35+/m1/s1. The van der Waals surface area contributed by atoms with Crippen molar-refractivity contribution in [3.63, 3.8) is 0 Å². The third-order valence-electron chi connectivity index (χ3n) is 7.81. The van der Waals surface area contributed by atoms with Gasteiger partial charge in [-0.3, -0.25) is 0 Å². The maximum Gasteiger partial charge on any atom is 0.523 e. The van der Waals surface area contributed by atoms with Gasteiger partial charge in [-0.2, -0.15) is 21.6 Å². The van der Waals surface area contributed by atoms with Crippen LogP contribution < -0.4 is 0 Å². The van der Waals surface area contributed by atoms with E-state index in [9.17, 15) is 21.6 Å². The smallest absolute Gasteiger partial charge is 0.376 e. The molecule has 1 aliphatic carbocycles. The van der Waals surface area contributed by atoms with Gasteiger partial charge in [-0.05, 0) is 34.6 Å². The number of alkyl halides is 3. The van der Waals surface area contributed by atoms with Crippen molar-refractivity contribution in [2.45, 2.75) is 62.8 Å². The molecular formula is C36H37F3O7S. The fraction of sp³-hybridized carbons (Fsp3) is 0.333. The van der Waals surface area contributed by atoms with Gasteiger partial charge in [0.15, 0.2) is 0 Å². The lowest BCUT2D eigenvalue weighted by Crippen LogP contribution is -2.61. The number of rotatable bonds is 15. The van der Waals surface area contributed by atoms with E-state index in [0.29, 0.717) is 5.56 Å². The lowest BCUT2D eigenvalue weighted by molar-refractivity contribution is -0.310. The summed E-state index contributed by atoms with van der Waals surface area (Å²) in [4.78, 5) is 0. The Morgan fingerprint density at radius 3 is 1.57 bits per heavy atom. The second-order valence-corrected chi connectivity index (χ2v) is 13.0. The highest BCUT2D eigenvalue weighted by Gasteiger charge is 2.60. The van der Waals surface area contributed by atoms with E-state index in [2.05, 4.69) is 0 Å². The predicted molar refractivity (Wildman–Crippen MR) is 169 cm³/mol. The van der Waals surface area contributed by atoms with E-state index in [1.54, 1.807) is 54.6 Å². The quantitative estimate of drug-likeness (QED) is 0.0734. The molecule has 5 rings (SSSR count). The Bertz CT molecular complexity index is 1610. The SMILES string of the molecule is O=S(=O)(O[C@@]1(OCc2ccccc2)C[C@H](COCc2ccccc2)C[C@H](OCc2ccccc2)[C@H]1OCc1ccccc1)C(F)(F)F. The third-order valence-corrected chi connectivity index (χ3v) is 8.88. The van der Waals surface area contributed by atoms with Crippen molar-refractivity contribution in [1.82, 2.24) is 0 Å². The zero-order valence-electron chi connectivity index (χ0n) is 25.6. The Morgan fingerprint density at radius 2 is 1.09 bits per heavy atom. The molecule has 250 valence electrons. The highest BCUT2D eigenvalue weighted by Crippen LogP contribution is 2.44. The molecule has 0 spiro atoms. The van der Waals surface area contributed by atoms with Crippen LogP contribution in [-0.4, -0.2) is 38.5 Å². The first-order valence-electron chi connectivity index (χ1n) is 15.3. The summed E-state index contributed by atoms with van der Waals surface area (Å²) in [5, 5.41) is 0. The van der Waals surface area contributed by atoms with Gasteiger partial charge >= 0.3 is 15.6 Å². The van der Waals surface area contributed by atoms with Crippen LogP contribution in [-0.2, 0) is 59.7 Å². The van der Waals surface area contributed by atoms with Crippen molar-refractivity contribution in [2.75, 3.05) is 6.61 Å². The second-order valence-electron chi connectivity index (χ2n) is 11.4. The molecule has 4 aromatic rings. The van der Waals surface area contributed by atoms with Gasteiger partial charge in [0, 0.05) is 6.42 Å². The molecule has 1 fully saturated rings. The van der Waals surface area contributed by atoms with Crippen LogP contribution in [0.5, 0.6) is 0 Å². The summed E-state index contributed by atoms with van der Waals surface area (Å²) >= 11 is 0. The van der Waals surface area contributed by atoms with Crippen LogP contribution >= 0.6 is 0 Å². The minimum absolute atomic E-state index is 0.0578. The number of hydrogen-bond donors (Lipinski definition) is 0. The average Bonchev–Trinajstić information content (AvgIpc) is 3.07. The lowest BCUT2D eigenvalue weighted by Gasteiger charge is -2.48. The Balaban J connectivity index is 1.52. The predicted octanol–water partition coefficient (Wildman–Crippen LogP) is 7.56. The Kier molecular flexibility index (Phi) is 11.8. The van der Waals surface area contributed by atoms with E-state index in [4.69, 9.17) is 23.1 Å². The van der Waals surface area contributed by atoms with Crippen LogP contribution in [0.2, 0.25) is 0 Å². The largest absolute Gasteiger partial charge is 0.523 e. The molecule has 4 aromatic carbocycles. The molecule has 0 aliphatic heterocycles. The topological polar surface area (TPSA) is 80.3 Å². The molecule has 11 heteroatoms. The average molecular weight is 671 g/mol. The van der Waals surface area contributed by atoms with Crippen LogP contribution in [0.1, 0.15) is 35.1 Å². The van der Waals surface area contributed by atoms with E-state index in [0.717, 1.165) is 16.7 Å². The van der Waals surface area contributed by atoms with Crippen molar-refractivity contribution in [3.8, 4) is 0 Å². The molecule has 1 aliphatic rings. The molecule has 0 radical (unpaired) electrons. The molecule has 0 N–H and O–H groups in total. The number of halogens is 3. The first-order valence-corrected chi connectivity index (χ1v) is 16.7. The fourth-order valence-electron chi connectivity index (χ4n) is 5.57. The van der Waals surface area contributed by atoms with Crippen LogP contribution in [0.15, 0.2) is 121 Å². The molecular weight excluding hydrogens is 633 g/mol. The zero-order valence-corrected chi connectivity index (χ0v) is 26.4.